The Labute approximate surface area is 167 Å². The van der Waals surface area contributed by atoms with Crippen molar-refractivity contribution in [2.45, 2.75) is 59.7 Å². The Hall–Kier alpha value is -2.33. The summed E-state index contributed by atoms with van der Waals surface area (Å²) in [5.41, 5.74) is 5.84. The standard InChI is InChI=1S/C24H30O4/c1-16(7-12-21-17(2)6-5-13-24(21,3)4)15-27-19-10-8-18(9-11-19)20-14-22(25)28-23(20)26/h7-11,14,23,26H,5-6,12-13,15H2,1-4H3. The van der Waals surface area contributed by atoms with Gasteiger partial charge in [-0.15, -0.1) is 0 Å². The zero-order valence-corrected chi connectivity index (χ0v) is 17.2. The third-order valence-electron chi connectivity index (χ3n) is 5.76. The number of ether oxygens (including phenoxy) is 2. The van der Waals surface area contributed by atoms with E-state index in [-0.39, 0.29) is 0 Å². The first-order valence-corrected chi connectivity index (χ1v) is 9.94. The largest absolute Gasteiger partial charge is 0.489 e. The maximum Gasteiger partial charge on any atom is 0.333 e. The summed E-state index contributed by atoms with van der Waals surface area (Å²) in [7, 11) is 0. The lowest BCUT2D eigenvalue weighted by Crippen LogP contribution is -2.20. The first kappa shape index (κ1) is 20.4. The molecule has 1 heterocycles. The van der Waals surface area contributed by atoms with E-state index in [1.54, 1.807) is 11.1 Å². The molecule has 0 aromatic heterocycles. The molecular formula is C24H30O4. The molecule has 0 bridgehead atoms. The molecule has 28 heavy (non-hydrogen) atoms. The average molecular weight is 383 g/mol. The minimum atomic E-state index is -1.19. The van der Waals surface area contributed by atoms with Crippen molar-refractivity contribution in [1.29, 1.82) is 0 Å². The highest BCUT2D eigenvalue weighted by molar-refractivity contribution is 5.96. The van der Waals surface area contributed by atoms with Gasteiger partial charge in [-0.1, -0.05) is 43.2 Å². The molecule has 1 aliphatic heterocycles. The number of hydrogen-bond donors (Lipinski definition) is 1. The number of esters is 1. The van der Waals surface area contributed by atoms with Crippen LogP contribution in [-0.4, -0.2) is 24.0 Å². The van der Waals surface area contributed by atoms with Crippen molar-refractivity contribution in [2.24, 2.45) is 5.41 Å². The fraction of sp³-hybridized carbons (Fsp3) is 0.458. The van der Waals surface area contributed by atoms with Crippen LogP contribution in [0.1, 0.15) is 58.9 Å². The Morgan fingerprint density at radius 2 is 2.04 bits per heavy atom. The summed E-state index contributed by atoms with van der Waals surface area (Å²) in [6, 6.07) is 7.33. The zero-order valence-electron chi connectivity index (χ0n) is 17.2. The highest BCUT2D eigenvalue weighted by Crippen LogP contribution is 2.42. The average Bonchev–Trinajstić information content (AvgIpc) is 2.97. The van der Waals surface area contributed by atoms with E-state index >= 15 is 0 Å². The van der Waals surface area contributed by atoms with Crippen LogP contribution in [0.3, 0.4) is 0 Å². The maximum atomic E-state index is 11.2. The summed E-state index contributed by atoms with van der Waals surface area (Å²) in [4.78, 5) is 11.2. The van der Waals surface area contributed by atoms with E-state index in [1.165, 1.54) is 30.9 Å². The van der Waals surface area contributed by atoms with Gasteiger partial charge in [-0.2, -0.15) is 0 Å². The van der Waals surface area contributed by atoms with Gasteiger partial charge in [-0.25, -0.2) is 4.79 Å². The molecule has 0 amide bonds. The molecule has 1 atom stereocenters. The van der Waals surface area contributed by atoms with E-state index in [4.69, 9.17) is 9.47 Å². The van der Waals surface area contributed by atoms with Gasteiger partial charge in [0, 0.05) is 11.6 Å². The van der Waals surface area contributed by atoms with Gasteiger partial charge >= 0.3 is 5.97 Å². The van der Waals surface area contributed by atoms with E-state index in [9.17, 15) is 9.90 Å². The second kappa shape index (κ2) is 8.36. The molecule has 4 heteroatoms. The predicted molar refractivity (Wildman–Crippen MR) is 111 cm³/mol. The highest BCUT2D eigenvalue weighted by Gasteiger charge is 2.27. The van der Waals surface area contributed by atoms with E-state index in [2.05, 4.69) is 33.8 Å². The fourth-order valence-corrected chi connectivity index (χ4v) is 4.03. The Balaban J connectivity index is 1.57. The fourth-order valence-electron chi connectivity index (χ4n) is 4.03. The van der Waals surface area contributed by atoms with Gasteiger partial charge < -0.3 is 14.6 Å². The van der Waals surface area contributed by atoms with Crippen LogP contribution in [0.5, 0.6) is 5.75 Å². The molecule has 3 rings (SSSR count). The number of carbonyl (C=O) groups excluding carboxylic acids is 1. The molecule has 1 aromatic rings. The number of cyclic esters (lactones) is 1. The molecular weight excluding hydrogens is 352 g/mol. The Morgan fingerprint density at radius 1 is 1.32 bits per heavy atom. The molecule has 1 aliphatic carbocycles. The van der Waals surface area contributed by atoms with Crippen molar-refractivity contribution in [3.63, 3.8) is 0 Å². The number of aliphatic hydroxyl groups excluding tert-OH is 1. The molecule has 150 valence electrons. The van der Waals surface area contributed by atoms with Gasteiger partial charge in [-0.05, 0) is 68.2 Å². The zero-order chi connectivity index (χ0) is 20.3. The summed E-state index contributed by atoms with van der Waals surface area (Å²) in [6.45, 7) is 9.61. The van der Waals surface area contributed by atoms with Crippen LogP contribution in [-0.2, 0) is 9.53 Å². The molecule has 1 unspecified atom stereocenters. The number of hydrogen-bond acceptors (Lipinski definition) is 4. The number of benzene rings is 1. The van der Waals surface area contributed by atoms with Crippen LogP contribution in [0.15, 0.2) is 53.1 Å². The molecule has 2 aliphatic rings. The SMILES string of the molecule is CC(=CCC1=C(C)CCCC1(C)C)COc1ccc(C2=CC(=O)OC2O)cc1. The Morgan fingerprint density at radius 3 is 2.64 bits per heavy atom. The number of allylic oxidation sites excluding steroid dienone is 3. The third kappa shape index (κ3) is 4.74. The lowest BCUT2D eigenvalue weighted by atomic mass is 9.71. The van der Waals surface area contributed by atoms with Crippen molar-refractivity contribution in [1.82, 2.24) is 0 Å². The third-order valence-corrected chi connectivity index (χ3v) is 5.76. The normalized spacial score (nSPS) is 22.2. The van der Waals surface area contributed by atoms with Gasteiger partial charge in [0.2, 0.25) is 6.29 Å². The van der Waals surface area contributed by atoms with E-state index in [0.717, 1.165) is 17.7 Å². The molecule has 0 radical (unpaired) electrons. The quantitative estimate of drug-likeness (QED) is 0.544. The topological polar surface area (TPSA) is 55.8 Å². The van der Waals surface area contributed by atoms with Crippen LogP contribution in [0.25, 0.3) is 5.57 Å². The van der Waals surface area contributed by atoms with Gasteiger partial charge in [0.05, 0.1) is 0 Å². The summed E-state index contributed by atoms with van der Waals surface area (Å²) in [5.74, 6) is 0.236. The van der Waals surface area contributed by atoms with Crippen LogP contribution in [0.4, 0.5) is 0 Å². The molecule has 4 nitrogen and oxygen atoms in total. The van der Waals surface area contributed by atoms with E-state index < -0.39 is 12.3 Å². The van der Waals surface area contributed by atoms with Gasteiger partial charge in [0.15, 0.2) is 0 Å². The van der Waals surface area contributed by atoms with Crippen molar-refractivity contribution in [2.75, 3.05) is 6.61 Å². The summed E-state index contributed by atoms with van der Waals surface area (Å²) in [5, 5.41) is 9.73. The first-order valence-electron chi connectivity index (χ1n) is 9.94. The molecule has 0 saturated carbocycles. The minimum Gasteiger partial charge on any atom is -0.489 e. The smallest absolute Gasteiger partial charge is 0.333 e. The number of rotatable bonds is 6. The molecule has 1 aromatic carbocycles. The Bertz CT molecular complexity index is 825. The number of carbonyl (C=O) groups is 1. The lowest BCUT2D eigenvalue weighted by molar-refractivity contribution is -0.149. The van der Waals surface area contributed by atoms with Crippen LogP contribution in [0, 0.1) is 5.41 Å². The van der Waals surface area contributed by atoms with Gasteiger partial charge in [0.25, 0.3) is 0 Å². The Kier molecular flexibility index (Phi) is 6.09. The lowest BCUT2D eigenvalue weighted by Gasteiger charge is -2.34. The molecule has 0 fully saturated rings. The predicted octanol–water partition coefficient (Wildman–Crippen LogP) is 5.19. The molecule has 0 saturated heterocycles. The number of aliphatic hydroxyl groups is 1. The van der Waals surface area contributed by atoms with E-state index in [0.29, 0.717) is 17.6 Å². The van der Waals surface area contributed by atoms with Crippen LogP contribution >= 0.6 is 0 Å². The van der Waals surface area contributed by atoms with E-state index in [1.807, 2.05) is 24.3 Å². The molecule has 1 N–H and O–H groups in total. The molecule has 0 spiro atoms. The summed E-state index contributed by atoms with van der Waals surface area (Å²) >= 11 is 0. The highest BCUT2D eigenvalue weighted by atomic mass is 16.6. The van der Waals surface area contributed by atoms with Crippen LogP contribution in [0.2, 0.25) is 0 Å². The van der Waals surface area contributed by atoms with Crippen molar-refractivity contribution in [3.05, 3.63) is 58.7 Å². The van der Waals surface area contributed by atoms with Gasteiger partial charge in [-0.3, -0.25) is 0 Å². The second-order valence-electron chi connectivity index (χ2n) is 8.45. The van der Waals surface area contributed by atoms with Crippen molar-refractivity contribution < 1.29 is 19.4 Å². The monoisotopic (exact) mass is 382 g/mol. The second-order valence-corrected chi connectivity index (χ2v) is 8.45. The van der Waals surface area contributed by atoms with Crippen LogP contribution < -0.4 is 4.74 Å². The van der Waals surface area contributed by atoms with Gasteiger partial charge in [0.1, 0.15) is 12.4 Å². The maximum absolute atomic E-state index is 11.2. The van der Waals surface area contributed by atoms with Crippen molar-refractivity contribution >= 4 is 11.5 Å². The summed E-state index contributed by atoms with van der Waals surface area (Å²) < 4.78 is 10.6. The minimum absolute atomic E-state index is 0.292. The summed E-state index contributed by atoms with van der Waals surface area (Å²) in [6.07, 6.45) is 7.17. The first-order chi connectivity index (χ1) is 13.3. The van der Waals surface area contributed by atoms with Crippen molar-refractivity contribution in [3.8, 4) is 5.75 Å².